The topological polar surface area (TPSA) is 36.9 Å². The van der Waals surface area contributed by atoms with E-state index in [1.54, 1.807) is 0 Å². The van der Waals surface area contributed by atoms with Gasteiger partial charge in [-0.15, -0.1) is 0 Å². The molecule has 0 heterocycles. The van der Waals surface area contributed by atoms with Crippen molar-refractivity contribution in [3.05, 3.63) is 0 Å². The van der Waals surface area contributed by atoms with Gasteiger partial charge in [-0.2, -0.15) is 0 Å². The molecule has 0 aliphatic carbocycles. The van der Waals surface area contributed by atoms with Crippen molar-refractivity contribution in [3.8, 4) is 0 Å². The van der Waals surface area contributed by atoms with Crippen LogP contribution in [0.4, 0.5) is 0 Å². The maximum absolute atomic E-state index is 5.56. The highest BCUT2D eigenvalue weighted by molar-refractivity contribution is 6.59. The van der Waals surface area contributed by atoms with E-state index in [1.807, 2.05) is 27.3 Å². The first-order chi connectivity index (χ1) is 6.24. The highest BCUT2D eigenvalue weighted by Gasteiger charge is 2.43. The van der Waals surface area contributed by atoms with Crippen LogP contribution in [-0.2, 0) is 17.4 Å². The van der Waals surface area contributed by atoms with Gasteiger partial charge < -0.3 is 17.4 Å². The zero-order valence-corrected chi connectivity index (χ0v) is 11.4. The third-order valence-corrected chi connectivity index (χ3v) is 5.78. The molecular weight excluding hydrogens is 204 g/mol. The second kappa shape index (κ2) is 7.66. The van der Waals surface area contributed by atoms with Gasteiger partial charge in [0.25, 0.3) is 0 Å². The maximum atomic E-state index is 5.56. The summed E-state index contributed by atoms with van der Waals surface area (Å²) in [5.41, 5.74) is 0. The minimum Gasteiger partial charge on any atom is -0.400 e. The van der Waals surface area contributed by atoms with Gasteiger partial charge in [0.15, 0.2) is 9.76 Å². The Kier molecular flexibility index (Phi) is 7.82. The first-order valence-corrected chi connectivity index (χ1v) is 8.42. The number of hydrogen-bond donors (Lipinski definition) is 0. The third kappa shape index (κ3) is 4.89. The van der Waals surface area contributed by atoms with Crippen molar-refractivity contribution in [2.24, 2.45) is 0 Å². The van der Waals surface area contributed by atoms with Gasteiger partial charge in [-0.05, 0) is 20.8 Å². The normalized spacial score (nSPS) is 12.9. The monoisotopic (exact) mass is 224 g/mol. The van der Waals surface area contributed by atoms with Gasteiger partial charge in [0.1, 0.15) is 0 Å². The van der Waals surface area contributed by atoms with Crippen LogP contribution < -0.4 is 0 Å². The average molecular weight is 224 g/mol. The fourth-order valence-corrected chi connectivity index (χ4v) is 4.68. The van der Waals surface area contributed by atoms with Gasteiger partial charge in [0, 0.05) is 19.8 Å². The molecule has 0 aromatic rings. The van der Waals surface area contributed by atoms with Crippen LogP contribution in [0.5, 0.6) is 0 Å². The van der Waals surface area contributed by atoms with E-state index in [0.717, 1.165) is 0 Å². The van der Waals surface area contributed by atoms with Crippen molar-refractivity contribution in [3.63, 3.8) is 0 Å². The predicted molar refractivity (Wildman–Crippen MR) is 56.1 cm³/mol. The third-order valence-electron chi connectivity index (χ3n) is 1.28. The van der Waals surface area contributed by atoms with Crippen LogP contribution in [0.15, 0.2) is 0 Å². The molecule has 80 valence electrons. The summed E-state index contributed by atoms with van der Waals surface area (Å²) in [5, 5.41) is 0. The first-order valence-electron chi connectivity index (χ1n) is 4.80. The van der Waals surface area contributed by atoms with Crippen LogP contribution >= 0.6 is 0 Å². The Morgan fingerprint density at radius 1 is 0.923 bits per heavy atom. The minimum absolute atomic E-state index is 0.564. The number of rotatable bonds is 8. The smallest absolute Gasteiger partial charge is 0.400 e. The van der Waals surface area contributed by atoms with E-state index >= 15 is 0 Å². The molecule has 0 atom stereocenters. The molecule has 0 aliphatic heterocycles. The molecule has 0 bridgehead atoms. The maximum Gasteiger partial charge on any atom is 0.668 e. The van der Waals surface area contributed by atoms with Gasteiger partial charge in [-0.25, -0.2) is 0 Å². The van der Waals surface area contributed by atoms with Gasteiger partial charge in [-0.1, -0.05) is 6.55 Å². The Balaban J connectivity index is 4.19. The largest absolute Gasteiger partial charge is 0.668 e. The van der Waals surface area contributed by atoms with E-state index in [4.69, 9.17) is 17.4 Å². The molecule has 0 fully saturated rings. The summed E-state index contributed by atoms with van der Waals surface area (Å²) >= 11 is 0. The van der Waals surface area contributed by atoms with Crippen LogP contribution in [0.2, 0.25) is 6.55 Å². The van der Waals surface area contributed by atoms with E-state index < -0.39 is 18.8 Å². The summed E-state index contributed by atoms with van der Waals surface area (Å²) in [4.78, 5) is 0. The molecule has 0 rings (SSSR count). The van der Waals surface area contributed by atoms with E-state index in [9.17, 15) is 0 Å². The second-order valence-corrected chi connectivity index (χ2v) is 5.83. The van der Waals surface area contributed by atoms with Gasteiger partial charge >= 0.3 is 9.05 Å². The minimum atomic E-state index is -2.73. The first kappa shape index (κ1) is 13.3. The van der Waals surface area contributed by atoms with Crippen LogP contribution in [0.1, 0.15) is 20.8 Å². The Morgan fingerprint density at radius 2 is 1.31 bits per heavy atom. The molecule has 0 spiro atoms. The molecule has 0 amide bonds. The SMILES string of the molecule is CCO[Si](OCC)(OCC)O[SiH2]C. The summed E-state index contributed by atoms with van der Waals surface area (Å²) in [5.74, 6) is 0. The lowest BCUT2D eigenvalue weighted by Gasteiger charge is -2.26. The zero-order valence-electron chi connectivity index (χ0n) is 8.96. The molecule has 4 nitrogen and oxygen atoms in total. The lowest BCUT2D eigenvalue weighted by atomic mass is 10.9. The van der Waals surface area contributed by atoms with Crippen molar-refractivity contribution < 1.29 is 17.4 Å². The zero-order chi connectivity index (χ0) is 10.2. The molecule has 0 unspecified atom stereocenters. The summed E-state index contributed by atoms with van der Waals surface area (Å²) in [6.07, 6.45) is 0. The van der Waals surface area contributed by atoms with Gasteiger partial charge in [0.2, 0.25) is 0 Å². The van der Waals surface area contributed by atoms with E-state index in [-0.39, 0.29) is 0 Å². The lowest BCUT2D eigenvalue weighted by Crippen LogP contribution is -2.49. The molecular formula is C7H20O4Si2. The molecule has 0 aromatic carbocycles. The standard InChI is InChI=1S/C7H20O4Si2/c1-5-8-13(9-6-2,10-7-3)11-12-4/h5-7,12H2,1-4H3. The van der Waals surface area contributed by atoms with Crippen molar-refractivity contribution in [2.75, 3.05) is 19.8 Å². The van der Waals surface area contributed by atoms with E-state index in [0.29, 0.717) is 19.8 Å². The lowest BCUT2D eigenvalue weighted by molar-refractivity contribution is 0.0108. The van der Waals surface area contributed by atoms with Crippen molar-refractivity contribution in [1.29, 1.82) is 0 Å². The predicted octanol–water partition coefficient (Wildman–Crippen LogP) is 0.680. The van der Waals surface area contributed by atoms with Crippen LogP contribution in [0, 0.1) is 0 Å². The fraction of sp³-hybridized carbons (Fsp3) is 1.00. The molecule has 0 N–H and O–H groups in total. The van der Waals surface area contributed by atoms with E-state index in [1.165, 1.54) is 0 Å². The summed E-state index contributed by atoms with van der Waals surface area (Å²) in [6.45, 7) is 9.50. The highest BCUT2D eigenvalue weighted by Crippen LogP contribution is 2.10. The van der Waals surface area contributed by atoms with E-state index in [2.05, 4.69) is 0 Å². The Hall–Kier alpha value is 0.274. The quantitative estimate of drug-likeness (QED) is 0.568. The van der Waals surface area contributed by atoms with Gasteiger partial charge in [0.05, 0.1) is 0 Å². The Labute approximate surface area is 84.0 Å². The molecule has 0 radical (unpaired) electrons. The fourth-order valence-electron chi connectivity index (χ4n) is 0.957. The van der Waals surface area contributed by atoms with Gasteiger partial charge in [-0.3, -0.25) is 0 Å². The highest BCUT2D eigenvalue weighted by atomic mass is 28.4. The molecule has 6 heteroatoms. The Bertz CT molecular complexity index is 93.6. The van der Waals surface area contributed by atoms with Crippen molar-refractivity contribution >= 4 is 18.8 Å². The van der Waals surface area contributed by atoms with Crippen LogP contribution in [0.3, 0.4) is 0 Å². The molecule has 0 saturated carbocycles. The van der Waals surface area contributed by atoms with Crippen molar-refractivity contribution in [1.82, 2.24) is 0 Å². The molecule has 0 aromatic heterocycles. The summed E-state index contributed by atoms with van der Waals surface area (Å²) in [7, 11) is -3.30. The van der Waals surface area contributed by atoms with Crippen molar-refractivity contribution in [2.45, 2.75) is 27.3 Å². The average Bonchev–Trinajstić information content (AvgIpc) is 2.06. The Morgan fingerprint density at radius 3 is 1.54 bits per heavy atom. The molecule has 13 heavy (non-hydrogen) atoms. The second-order valence-electron chi connectivity index (χ2n) is 2.23. The number of hydrogen-bond acceptors (Lipinski definition) is 4. The molecule has 0 saturated heterocycles. The summed E-state index contributed by atoms with van der Waals surface area (Å²) in [6, 6.07) is 0. The van der Waals surface area contributed by atoms with Crippen LogP contribution in [-0.4, -0.2) is 38.6 Å². The summed E-state index contributed by atoms with van der Waals surface area (Å²) < 4.78 is 21.9. The van der Waals surface area contributed by atoms with Crippen LogP contribution in [0.25, 0.3) is 0 Å². The molecule has 0 aliphatic rings.